The summed E-state index contributed by atoms with van der Waals surface area (Å²) in [6, 6.07) is 9.54. The third-order valence-corrected chi connectivity index (χ3v) is 3.45. The number of aryl methyl sites for hydroxylation is 2. The molecule has 0 fully saturated rings. The van der Waals surface area contributed by atoms with Crippen molar-refractivity contribution in [2.75, 3.05) is 0 Å². The molecule has 0 aliphatic carbocycles. The van der Waals surface area contributed by atoms with Gasteiger partial charge in [0.15, 0.2) is 0 Å². The van der Waals surface area contributed by atoms with Crippen LogP contribution in [-0.2, 0) is 6.42 Å². The Morgan fingerprint density at radius 3 is 2.68 bits per heavy atom. The van der Waals surface area contributed by atoms with Gasteiger partial charge in [0, 0.05) is 10.0 Å². The summed E-state index contributed by atoms with van der Waals surface area (Å²) in [7, 11) is 0. The summed E-state index contributed by atoms with van der Waals surface area (Å²) in [5.74, 6) is -0.923. The molecule has 3 nitrogen and oxygen atoms in total. The second-order valence-electron chi connectivity index (χ2n) is 4.32. The molecule has 2 aromatic rings. The Bertz CT molecular complexity index is 638. The van der Waals surface area contributed by atoms with Crippen molar-refractivity contribution in [3.8, 4) is 11.3 Å². The summed E-state index contributed by atoms with van der Waals surface area (Å²) in [5.41, 5.74) is 3.60. The summed E-state index contributed by atoms with van der Waals surface area (Å²) in [6.45, 7) is 3.80. The van der Waals surface area contributed by atoms with E-state index in [1.807, 2.05) is 38.1 Å². The number of carbonyl (C=O) groups is 1. The average Bonchev–Trinajstić information content (AvgIpc) is 2.38. The van der Waals surface area contributed by atoms with E-state index < -0.39 is 5.97 Å². The highest BCUT2D eigenvalue weighted by Gasteiger charge is 2.14. The predicted octanol–water partition coefficient (Wildman–Crippen LogP) is 4.08. The summed E-state index contributed by atoms with van der Waals surface area (Å²) < 4.78 is 0.978. The van der Waals surface area contributed by atoms with Gasteiger partial charge in [-0.15, -0.1) is 0 Å². The van der Waals surface area contributed by atoms with Gasteiger partial charge in [-0.05, 0) is 37.1 Å². The predicted molar refractivity (Wildman–Crippen MR) is 78.4 cm³/mol. The van der Waals surface area contributed by atoms with Crippen LogP contribution in [0.3, 0.4) is 0 Å². The number of hydrogen-bond acceptors (Lipinski definition) is 2. The smallest absolute Gasteiger partial charge is 0.337 e. The van der Waals surface area contributed by atoms with Crippen LogP contribution in [0.5, 0.6) is 0 Å². The van der Waals surface area contributed by atoms with Gasteiger partial charge < -0.3 is 5.11 Å². The minimum Gasteiger partial charge on any atom is -0.478 e. The zero-order valence-electron chi connectivity index (χ0n) is 10.8. The molecule has 0 aliphatic rings. The van der Waals surface area contributed by atoms with Crippen LogP contribution in [0.1, 0.15) is 28.5 Å². The molecule has 0 atom stereocenters. The highest BCUT2D eigenvalue weighted by atomic mass is 79.9. The molecule has 0 saturated carbocycles. The quantitative estimate of drug-likeness (QED) is 0.927. The van der Waals surface area contributed by atoms with Crippen LogP contribution in [0.2, 0.25) is 0 Å². The van der Waals surface area contributed by atoms with E-state index in [-0.39, 0.29) is 0 Å². The summed E-state index contributed by atoms with van der Waals surface area (Å²) >= 11 is 3.44. The second kappa shape index (κ2) is 5.53. The van der Waals surface area contributed by atoms with Crippen molar-refractivity contribution in [2.45, 2.75) is 20.3 Å². The largest absolute Gasteiger partial charge is 0.478 e. The van der Waals surface area contributed by atoms with E-state index >= 15 is 0 Å². The van der Waals surface area contributed by atoms with Gasteiger partial charge in [0.1, 0.15) is 0 Å². The van der Waals surface area contributed by atoms with Crippen LogP contribution in [0.15, 0.2) is 34.8 Å². The maximum Gasteiger partial charge on any atom is 0.337 e. The van der Waals surface area contributed by atoms with Gasteiger partial charge in [-0.25, -0.2) is 4.79 Å². The van der Waals surface area contributed by atoms with Crippen LogP contribution in [-0.4, -0.2) is 16.1 Å². The zero-order valence-corrected chi connectivity index (χ0v) is 12.4. The molecule has 1 aromatic heterocycles. The molecule has 19 heavy (non-hydrogen) atoms. The number of carboxylic acids is 1. The van der Waals surface area contributed by atoms with Gasteiger partial charge in [-0.2, -0.15) is 0 Å². The molecule has 0 unspecified atom stereocenters. The van der Waals surface area contributed by atoms with Crippen LogP contribution in [0.4, 0.5) is 0 Å². The first-order valence-corrected chi connectivity index (χ1v) is 6.82. The Labute approximate surface area is 120 Å². The fraction of sp³-hybridized carbons (Fsp3) is 0.200. The number of carboxylic acid groups (broad SMARTS) is 1. The van der Waals surface area contributed by atoms with Gasteiger partial charge in [-0.1, -0.05) is 35.0 Å². The number of halogens is 1. The fourth-order valence-electron chi connectivity index (χ4n) is 2.03. The van der Waals surface area contributed by atoms with Gasteiger partial charge in [0.05, 0.1) is 17.0 Å². The van der Waals surface area contributed by atoms with Crippen molar-refractivity contribution in [2.24, 2.45) is 0 Å². The SMILES string of the molecule is CCc1nc(-c2cccc(Br)c2)c(C)cc1C(=O)O. The topological polar surface area (TPSA) is 50.2 Å². The van der Waals surface area contributed by atoms with Gasteiger partial charge in [0.2, 0.25) is 0 Å². The Hall–Kier alpha value is -1.68. The van der Waals surface area contributed by atoms with Crippen molar-refractivity contribution in [3.05, 3.63) is 51.6 Å². The first-order chi connectivity index (χ1) is 9.02. The van der Waals surface area contributed by atoms with E-state index in [0.717, 1.165) is 21.3 Å². The van der Waals surface area contributed by atoms with E-state index in [4.69, 9.17) is 0 Å². The minimum absolute atomic E-state index is 0.291. The van der Waals surface area contributed by atoms with E-state index in [1.54, 1.807) is 6.07 Å². The van der Waals surface area contributed by atoms with E-state index in [0.29, 0.717) is 17.7 Å². The maximum absolute atomic E-state index is 11.2. The van der Waals surface area contributed by atoms with E-state index in [1.165, 1.54) is 0 Å². The normalized spacial score (nSPS) is 10.5. The number of aromatic carboxylic acids is 1. The number of nitrogens with zero attached hydrogens (tertiary/aromatic N) is 1. The lowest BCUT2D eigenvalue weighted by Crippen LogP contribution is -2.06. The standard InChI is InChI=1S/C15H14BrNO2/c1-3-13-12(15(18)19)7-9(2)14(17-13)10-5-4-6-11(16)8-10/h4-8H,3H2,1-2H3,(H,18,19). The number of aromatic nitrogens is 1. The van der Waals surface area contributed by atoms with Crippen molar-refractivity contribution < 1.29 is 9.90 Å². The molecule has 4 heteroatoms. The van der Waals surface area contributed by atoms with E-state index in [2.05, 4.69) is 20.9 Å². The highest BCUT2D eigenvalue weighted by Crippen LogP contribution is 2.26. The molecule has 0 amide bonds. The lowest BCUT2D eigenvalue weighted by molar-refractivity contribution is 0.0695. The molecule has 98 valence electrons. The summed E-state index contributed by atoms with van der Waals surface area (Å²) in [6.07, 6.45) is 0.600. The van der Waals surface area contributed by atoms with Crippen molar-refractivity contribution in [3.63, 3.8) is 0 Å². The maximum atomic E-state index is 11.2. The molecule has 0 aliphatic heterocycles. The first-order valence-electron chi connectivity index (χ1n) is 6.02. The molecule has 2 rings (SSSR count). The lowest BCUT2D eigenvalue weighted by Gasteiger charge is -2.10. The zero-order chi connectivity index (χ0) is 14.0. The number of pyridine rings is 1. The molecule has 1 aromatic carbocycles. The number of rotatable bonds is 3. The molecule has 0 bridgehead atoms. The third-order valence-electron chi connectivity index (χ3n) is 2.96. The summed E-state index contributed by atoms with van der Waals surface area (Å²) in [4.78, 5) is 15.7. The molecule has 0 radical (unpaired) electrons. The Kier molecular flexibility index (Phi) is 4.00. The second-order valence-corrected chi connectivity index (χ2v) is 5.23. The van der Waals surface area contributed by atoms with Gasteiger partial charge in [0.25, 0.3) is 0 Å². The molecular weight excluding hydrogens is 306 g/mol. The van der Waals surface area contributed by atoms with Crippen LogP contribution in [0.25, 0.3) is 11.3 Å². The molecule has 0 saturated heterocycles. The fourth-order valence-corrected chi connectivity index (χ4v) is 2.43. The molecule has 1 N–H and O–H groups in total. The molecule has 0 spiro atoms. The van der Waals surface area contributed by atoms with Crippen LogP contribution < -0.4 is 0 Å². The number of benzene rings is 1. The van der Waals surface area contributed by atoms with Gasteiger partial charge in [-0.3, -0.25) is 4.98 Å². The van der Waals surface area contributed by atoms with Crippen LogP contribution >= 0.6 is 15.9 Å². The highest BCUT2D eigenvalue weighted by molar-refractivity contribution is 9.10. The first kappa shape index (κ1) is 13.7. The van der Waals surface area contributed by atoms with Crippen molar-refractivity contribution in [1.82, 2.24) is 4.98 Å². The number of hydrogen-bond donors (Lipinski definition) is 1. The van der Waals surface area contributed by atoms with E-state index in [9.17, 15) is 9.90 Å². The van der Waals surface area contributed by atoms with Crippen molar-refractivity contribution >= 4 is 21.9 Å². The average molecular weight is 320 g/mol. The minimum atomic E-state index is -0.923. The third kappa shape index (κ3) is 2.84. The van der Waals surface area contributed by atoms with Crippen molar-refractivity contribution in [1.29, 1.82) is 0 Å². The summed E-state index contributed by atoms with van der Waals surface area (Å²) in [5, 5.41) is 9.18. The molecule has 1 heterocycles. The Morgan fingerprint density at radius 2 is 2.11 bits per heavy atom. The van der Waals surface area contributed by atoms with Gasteiger partial charge >= 0.3 is 5.97 Å². The monoisotopic (exact) mass is 319 g/mol. The van der Waals surface area contributed by atoms with Crippen LogP contribution in [0, 0.1) is 6.92 Å². The Morgan fingerprint density at radius 1 is 1.37 bits per heavy atom. The molecular formula is C15H14BrNO2. The lowest BCUT2D eigenvalue weighted by atomic mass is 10.0. The Balaban J connectivity index is 2.62.